The molecule has 16 heteroatoms. The molecule has 0 amide bonds. The molecule has 8 atom stereocenters. The second kappa shape index (κ2) is 14.3. The molecule has 0 aliphatic heterocycles. The third-order valence-electron chi connectivity index (χ3n) is 11.1. The Kier molecular flexibility index (Phi) is 11.0. The van der Waals surface area contributed by atoms with Gasteiger partial charge in [0.1, 0.15) is 0 Å². The first-order valence-electron chi connectivity index (χ1n) is 16.3. The smallest absolute Gasteiger partial charge is 0.306 e. The van der Waals surface area contributed by atoms with Crippen molar-refractivity contribution in [2.24, 2.45) is 28.6 Å². The number of hydrogen-bond donors (Lipinski definition) is 1. The summed E-state index contributed by atoms with van der Waals surface area (Å²) in [6.07, 6.45) is 3.83. The van der Waals surface area contributed by atoms with Crippen LogP contribution in [0.25, 0.3) is 0 Å². The van der Waals surface area contributed by atoms with Crippen molar-refractivity contribution in [3.05, 3.63) is 44.0 Å². The number of allylic oxidation sites excluding steroid dienone is 4. The number of rotatable bonds is 16. The molecule has 266 valence electrons. The van der Waals surface area contributed by atoms with Crippen LogP contribution in [0.1, 0.15) is 85.0 Å². The number of hydrogen-bond acceptors (Lipinski definition) is 13. The van der Waals surface area contributed by atoms with Gasteiger partial charge in [-0.25, -0.2) is 4.39 Å². The van der Waals surface area contributed by atoms with Gasteiger partial charge in [-0.15, -0.1) is 20.2 Å². The van der Waals surface area contributed by atoms with E-state index in [2.05, 4.69) is 9.68 Å². The first kappa shape index (κ1) is 36.9. The number of carbonyl (C=O) groups is 4. The van der Waals surface area contributed by atoms with Gasteiger partial charge in [-0.1, -0.05) is 38.0 Å². The van der Waals surface area contributed by atoms with E-state index < -0.39 is 80.5 Å². The fraction of sp³-hybridized carbons (Fsp3) is 0.750. The number of aliphatic hydroxyl groups excluding tert-OH is 1. The monoisotopic (exact) mass is 682 g/mol. The molecule has 0 aromatic heterocycles. The lowest BCUT2D eigenvalue weighted by atomic mass is 9.45. The fourth-order valence-corrected chi connectivity index (χ4v) is 8.90. The number of alkyl halides is 1. The molecular formula is C32H43FN2O13. The van der Waals surface area contributed by atoms with Crippen LogP contribution in [0.5, 0.6) is 0 Å². The Morgan fingerprint density at radius 3 is 2.31 bits per heavy atom. The number of unbranched alkanes of at least 4 members (excludes halogenated alkanes) is 2. The first-order chi connectivity index (χ1) is 22.5. The number of fused-ring (bicyclic) bond motifs is 5. The number of Topliss-reactive ketones (excluding diaryl/α,β-unsaturated/α-hetero) is 1. The van der Waals surface area contributed by atoms with E-state index in [1.807, 2.05) is 6.08 Å². The van der Waals surface area contributed by atoms with Crippen LogP contribution < -0.4 is 0 Å². The van der Waals surface area contributed by atoms with Crippen LogP contribution in [-0.4, -0.2) is 76.0 Å². The largest absolute Gasteiger partial charge is 0.457 e. The Bertz CT molecular complexity index is 1390. The topological polar surface area (TPSA) is 212 Å². The van der Waals surface area contributed by atoms with Crippen LogP contribution in [0.3, 0.4) is 0 Å². The molecule has 0 aromatic carbocycles. The van der Waals surface area contributed by atoms with Crippen LogP contribution in [0.15, 0.2) is 23.8 Å². The summed E-state index contributed by atoms with van der Waals surface area (Å²) in [5.74, 6) is -4.51. The maximum Gasteiger partial charge on any atom is 0.306 e. The summed E-state index contributed by atoms with van der Waals surface area (Å²) < 4.78 is 29.0. The molecule has 0 bridgehead atoms. The lowest BCUT2D eigenvalue weighted by molar-refractivity contribution is -0.757. The normalized spacial score (nSPS) is 34.9. The van der Waals surface area contributed by atoms with Crippen molar-refractivity contribution < 1.29 is 58.0 Å². The Morgan fingerprint density at radius 2 is 1.65 bits per heavy atom. The van der Waals surface area contributed by atoms with Gasteiger partial charge in [0, 0.05) is 41.9 Å². The molecule has 0 radical (unpaired) electrons. The zero-order valence-corrected chi connectivity index (χ0v) is 27.4. The summed E-state index contributed by atoms with van der Waals surface area (Å²) in [4.78, 5) is 81.5. The van der Waals surface area contributed by atoms with Crippen molar-refractivity contribution in [3.63, 3.8) is 0 Å². The second-order valence-electron chi connectivity index (χ2n) is 13.7. The van der Waals surface area contributed by atoms with Crippen molar-refractivity contribution in [1.29, 1.82) is 0 Å². The fourth-order valence-electron chi connectivity index (χ4n) is 8.90. The molecule has 4 aliphatic rings. The van der Waals surface area contributed by atoms with Crippen molar-refractivity contribution >= 4 is 23.5 Å². The van der Waals surface area contributed by atoms with E-state index in [0.717, 1.165) is 0 Å². The van der Waals surface area contributed by atoms with Gasteiger partial charge in [-0.2, -0.15) is 0 Å². The highest BCUT2D eigenvalue weighted by molar-refractivity contribution is 5.94. The third kappa shape index (κ3) is 6.54. The van der Waals surface area contributed by atoms with Gasteiger partial charge in [0.15, 0.2) is 23.7 Å². The SMILES string of the molecule is C[C@@H]1CC2C3CC=C4CC(=O)C=C[C@]4(C)[C@@]3(F)[C@@H](O)C[C@]2(C)[C@@]1(OC(=O)CCCCCO[N+](=O)[O-])C(=O)COC(=O)CCCO[N+](=O)[O-]. The van der Waals surface area contributed by atoms with E-state index >= 15 is 4.39 Å². The van der Waals surface area contributed by atoms with E-state index in [-0.39, 0.29) is 70.4 Å². The van der Waals surface area contributed by atoms with Crippen molar-refractivity contribution in [2.45, 2.75) is 102 Å². The first-order valence-corrected chi connectivity index (χ1v) is 16.3. The quantitative estimate of drug-likeness (QED) is 0.0809. The summed E-state index contributed by atoms with van der Waals surface area (Å²) in [5.41, 5.74) is -6.07. The third-order valence-corrected chi connectivity index (χ3v) is 11.1. The minimum atomic E-state index is -2.19. The standard InChI is InChI=1S/C32H43FN2O13/c1-20-16-24-23-11-10-21-17-22(36)12-13-29(21,2)31(23,33)25(37)18-30(24,3)32(20,48-28(40)8-5-4-6-14-46-34(41)42)26(38)19-45-27(39)9-7-15-47-35(43)44/h10,12-13,20,23-25,37H,4-9,11,14-19H2,1-3H3/t20-,23?,24?,25+,29+,30+,31+,32+/m1/s1. The number of nitrogens with zero attached hydrogens (tertiary/aromatic N) is 2. The molecule has 0 aromatic rings. The van der Waals surface area contributed by atoms with Gasteiger partial charge in [-0.3, -0.25) is 19.2 Å². The number of ether oxygens (including phenoxy) is 2. The lowest BCUT2D eigenvalue weighted by Gasteiger charge is -2.62. The molecule has 2 unspecified atom stereocenters. The Labute approximate surface area is 276 Å². The molecule has 15 nitrogen and oxygen atoms in total. The molecule has 4 aliphatic carbocycles. The number of halogens is 1. The number of ketones is 2. The lowest BCUT2D eigenvalue weighted by Crippen LogP contribution is -2.69. The van der Waals surface area contributed by atoms with Crippen molar-refractivity contribution in [2.75, 3.05) is 19.8 Å². The van der Waals surface area contributed by atoms with Crippen LogP contribution in [0.4, 0.5) is 4.39 Å². The van der Waals surface area contributed by atoms with Gasteiger partial charge >= 0.3 is 11.9 Å². The van der Waals surface area contributed by atoms with Crippen molar-refractivity contribution in [1.82, 2.24) is 0 Å². The summed E-state index contributed by atoms with van der Waals surface area (Å²) in [7, 11) is 0. The van der Waals surface area contributed by atoms with Gasteiger partial charge in [0.2, 0.25) is 5.78 Å². The predicted octanol–water partition coefficient (Wildman–Crippen LogP) is 3.75. The van der Waals surface area contributed by atoms with Gasteiger partial charge in [0.05, 0.1) is 19.3 Å². The summed E-state index contributed by atoms with van der Waals surface area (Å²) in [6, 6.07) is 0. The maximum atomic E-state index is 17.7. The highest BCUT2D eigenvalue weighted by Gasteiger charge is 2.77. The van der Waals surface area contributed by atoms with Crippen LogP contribution in [0.2, 0.25) is 0 Å². The predicted molar refractivity (Wildman–Crippen MR) is 161 cm³/mol. The van der Waals surface area contributed by atoms with Crippen LogP contribution in [-0.2, 0) is 38.3 Å². The van der Waals surface area contributed by atoms with Gasteiger partial charge < -0.3 is 24.3 Å². The summed E-state index contributed by atoms with van der Waals surface area (Å²) in [6.45, 7) is 3.79. The van der Waals surface area contributed by atoms with E-state index in [4.69, 9.17) is 9.47 Å². The highest BCUT2D eigenvalue weighted by atomic mass is 19.1. The molecule has 0 heterocycles. The molecule has 2 saturated carbocycles. The zero-order valence-electron chi connectivity index (χ0n) is 27.4. The van der Waals surface area contributed by atoms with E-state index in [9.17, 15) is 44.5 Å². The van der Waals surface area contributed by atoms with E-state index in [1.54, 1.807) is 20.8 Å². The molecule has 1 N–H and O–H groups in total. The molecule has 2 fully saturated rings. The number of aliphatic hydroxyl groups is 1. The average Bonchev–Trinajstić information content (AvgIpc) is 3.22. The second-order valence-corrected chi connectivity index (χ2v) is 13.7. The Hall–Kier alpha value is -3.95. The summed E-state index contributed by atoms with van der Waals surface area (Å²) >= 11 is 0. The van der Waals surface area contributed by atoms with Crippen LogP contribution in [0, 0.1) is 48.8 Å². The highest BCUT2D eigenvalue weighted by Crippen LogP contribution is 2.71. The van der Waals surface area contributed by atoms with Crippen molar-refractivity contribution in [3.8, 4) is 0 Å². The molecule has 4 rings (SSSR count). The zero-order chi connectivity index (χ0) is 35.5. The van der Waals surface area contributed by atoms with E-state index in [0.29, 0.717) is 18.4 Å². The minimum absolute atomic E-state index is 0.0398. The molecule has 0 saturated heterocycles. The van der Waals surface area contributed by atoms with Gasteiger partial charge in [0.25, 0.3) is 10.2 Å². The van der Waals surface area contributed by atoms with Crippen LogP contribution >= 0.6 is 0 Å². The Balaban J connectivity index is 1.60. The summed E-state index contributed by atoms with van der Waals surface area (Å²) in [5, 5.41) is 30.6. The number of esters is 2. The average molecular weight is 683 g/mol. The molecular weight excluding hydrogens is 639 g/mol. The van der Waals surface area contributed by atoms with E-state index in [1.165, 1.54) is 12.2 Å². The molecule has 0 spiro atoms. The minimum Gasteiger partial charge on any atom is -0.457 e. The van der Waals surface area contributed by atoms with Gasteiger partial charge in [-0.05, 0) is 57.4 Å². The maximum absolute atomic E-state index is 17.7. The Morgan fingerprint density at radius 1 is 1.00 bits per heavy atom. The molecule has 48 heavy (non-hydrogen) atoms. The number of carbonyl (C=O) groups excluding carboxylic acids is 4.